The molecule has 0 aliphatic carbocycles. The van der Waals surface area contributed by atoms with Crippen LogP contribution in [0.1, 0.15) is 47.8 Å². The number of carbonyl (C=O) groups is 3. The fraction of sp³-hybridized carbons (Fsp3) is 0.0667. The Labute approximate surface area is 229 Å². The number of esters is 1. The number of amides is 2. The lowest BCUT2D eigenvalue weighted by Crippen LogP contribution is -2.18. The summed E-state index contributed by atoms with van der Waals surface area (Å²) in [6.45, 7) is 3.78. The van der Waals surface area contributed by atoms with Crippen molar-refractivity contribution in [2.24, 2.45) is 5.10 Å². The molecule has 0 spiro atoms. The first-order valence-electron chi connectivity index (χ1n) is 12.1. The summed E-state index contributed by atoms with van der Waals surface area (Å²) in [5.41, 5.74) is 5.72. The maximum Gasteiger partial charge on any atom is 0.343 e. The number of hydrazone groups is 1. The van der Waals surface area contributed by atoms with Crippen LogP contribution in [0.15, 0.2) is 96.1 Å². The smallest absolute Gasteiger partial charge is 0.343 e. The van der Waals surface area contributed by atoms with Crippen LogP contribution in [-0.2, 0) is 0 Å². The number of rotatable bonds is 8. The van der Waals surface area contributed by atoms with Gasteiger partial charge < -0.3 is 10.1 Å². The Morgan fingerprint density at radius 1 is 0.800 bits per heavy atom. The van der Waals surface area contributed by atoms with Crippen molar-refractivity contribution < 1.29 is 24.0 Å². The van der Waals surface area contributed by atoms with Gasteiger partial charge in [-0.05, 0) is 68.4 Å². The fourth-order valence-corrected chi connectivity index (χ4v) is 3.61. The molecule has 4 aromatic rings. The molecule has 0 saturated carbocycles. The standard InChI is InChI=1S/C30H24N4O6/c1-19-6-8-22(9-7-19)30(37)40-27-15-14-26(34(38)39)17-24(27)18-31-33-29(36)21-10-12-25(13-11-21)32-28(35)23-5-3-4-20(2)16-23/h3-18H,1-2H3,(H,32,35)(H,33,36)/b31-18+. The van der Waals surface area contributed by atoms with Crippen LogP contribution in [-0.4, -0.2) is 28.9 Å². The van der Waals surface area contributed by atoms with E-state index in [1.165, 1.54) is 30.3 Å². The molecule has 0 heterocycles. The van der Waals surface area contributed by atoms with Gasteiger partial charge in [-0.25, -0.2) is 10.2 Å². The molecule has 0 aliphatic rings. The zero-order valence-corrected chi connectivity index (χ0v) is 21.6. The molecule has 0 saturated heterocycles. The number of carbonyl (C=O) groups excluding carboxylic acids is 3. The third-order valence-corrected chi connectivity index (χ3v) is 5.75. The first kappa shape index (κ1) is 27.4. The van der Waals surface area contributed by atoms with E-state index in [4.69, 9.17) is 4.74 Å². The quantitative estimate of drug-likeness (QED) is 0.101. The van der Waals surface area contributed by atoms with Gasteiger partial charge in [-0.2, -0.15) is 5.10 Å². The average Bonchev–Trinajstić information content (AvgIpc) is 2.94. The summed E-state index contributed by atoms with van der Waals surface area (Å²) in [5.74, 6) is -1.46. The summed E-state index contributed by atoms with van der Waals surface area (Å²) in [6, 6.07) is 23.7. The molecule has 0 aliphatic heterocycles. The molecule has 0 aromatic heterocycles. The molecule has 2 amide bonds. The van der Waals surface area contributed by atoms with Crippen LogP contribution in [0, 0.1) is 24.0 Å². The molecular weight excluding hydrogens is 512 g/mol. The van der Waals surface area contributed by atoms with E-state index in [2.05, 4.69) is 15.8 Å². The second-order valence-corrected chi connectivity index (χ2v) is 8.83. The lowest BCUT2D eigenvalue weighted by molar-refractivity contribution is -0.384. The van der Waals surface area contributed by atoms with Crippen molar-refractivity contribution in [2.75, 3.05) is 5.32 Å². The Morgan fingerprint density at radius 2 is 1.50 bits per heavy atom. The van der Waals surface area contributed by atoms with Gasteiger partial charge in [0.05, 0.1) is 16.7 Å². The highest BCUT2D eigenvalue weighted by Gasteiger charge is 2.15. The summed E-state index contributed by atoms with van der Waals surface area (Å²) in [4.78, 5) is 48.2. The van der Waals surface area contributed by atoms with Crippen molar-refractivity contribution in [1.29, 1.82) is 0 Å². The highest BCUT2D eigenvalue weighted by Crippen LogP contribution is 2.24. The molecule has 0 radical (unpaired) electrons. The van der Waals surface area contributed by atoms with E-state index < -0.39 is 16.8 Å². The van der Waals surface area contributed by atoms with Gasteiger partial charge >= 0.3 is 5.97 Å². The minimum atomic E-state index is -0.651. The number of nitrogens with one attached hydrogen (secondary N) is 2. The van der Waals surface area contributed by atoms with Crippen LogP contribution in [0.3, 0.4) is 0 Å². The van der Waals surface area contributed by atoms with E-state index in [1.807, 2.05) is 19.9 Å². The molecule has 0 fully saturated rings. The van der Waals surface area contributed by atoms with Crippen molar-refractivity contribution in [1.82, 2.24) is 5.43 Å². The Kier molecular flexibility index (Phi) is 8.40. The number of benzene rings is 4. The Morgan fingerprint density at radius 3 is 2.17 bits per heavy atom. The van der Waals surface area contributed by atoms with E-state index in [0.29, 0.717) is 16.8 Å². The number of nitrogens with zero attached hydrogens (tertiary/aromatic N) is 2. The van der Waals surface area contributed by atoms with E-state index in [1.54, 1.807) is 54.6 Å². The zero-order chi connectivity index (χ0) is 28.6. The Bertz CT molecular complexity index is 1610. The van der Waals surface area contributed by atoms with Gasteiger partial charge in [0.2, 0.25) is 0 Å². The number of nitro groups is 1. The molecule has 2 N–H and O–H groups in total. The third-order valence-electron chi connectivity index (χ3n) is 5.75. The second kappa shape index (κ2) is 12.3. The number of aryl methyl sites for hydroxylation is 2. The second-order valence-electron chi connectivity index (χ2n) is 8.83. The maximum absolute atomic E-state index is 12.6. The lowest BCUT2D eigenvalue weighted by atomic mass is 10.1. The average molecular weight is 537 g/mol. The molecule has 200 valence electrons. The van der Waals surface area contributed by atoms with Gasteiger partial charge in [0, 0.05) is 34.5 Å². The van der Waals surface area contributed by atoms with Crippen LogP contribution in [0.5, 0.6) is 5.75 Å². The molecule has 0 atom stereocenters. The summed E-state index contributed by atoms with van der Waals surface area (Å²) >= 11 is 0. The normalized spacial score (nSPS) is 10.7. The van der Waals surface area contributed by atoms with Crippen molar-refractivity contribution in [2.45, 2.75) is 13.8 Å². The first-order chi connectivity index (χ1) is 19.2. The third kappa shape index (κ3) is 7.01. The minimum absolute atomic E-state index is 0.0304. The Hall–Kier alpha value is -5.64. The van der Waals surface area contributed by atoms with Gasteiger partial charge in [0.15, 0.2) is 0 Å². The predicted molar refractivity (Wildman–Crippen MR) is 150 cm³/mol. The fourth-order valence-electron chi connectivity index (χ4n) is 3.61. The van der Waals surface area contributed by atoms with Crippen LogP contribution in [0.4, 0.5) is 11.4 Å². The largest absolute Gasteiger partial charge is 0.422 e. The number of hydrogen-bond acceptors (Lipinski definition) is 7. The number of anilines is 1. The topological polar surface area (TPSA) is 140 Å². The number of hydrogen-bond donors (Lipinski definition) is 2. The van der Waals surface area contributed by atoms with Gasteiger partial charge in [-0.3, -0.25) is 19.7 Å². The molecule has 4 rings (SSSR count). The summed E-state index contributed by atoms with van der Waals surface area (Å²) in [7, 11) is 0. The predicted octanol–water partition coefficient (Wildman–Crippen LogP) is 5.45. The Balaban J connectivity index is 1.43. The van der Waals surface area contributed by atoms with Gasteiger partial charge in [-0.15, -0.1) is 0 Å². The molecule has 10 heteroatoms. The van der Waals surface area contributed by atoms with E-state index in [0.717, 1.165) is 17.3 Å². The van der Waals surface area contributed by atoms with E-state index >= 15 is 0 Å². The number of nitro benzene ring substituents is 1. The van der Waals surface area contributed by atoms with Gasteiger partial charge in [0.1, 0.15) is 5.75 Å². The van der Waals surface area contributed by atoms with Gasteiger partial charge in [-0.1, -0.05) is 35.4 Å². The van der Waals surface area contributed by atoms with E-state index in [9.17, 15) is 24.5 Å². The first-order valence-corrected chi connectivity index (χ1v) is 12.1. The molecule has 0 unspecified atom stereocenters. The van der Waals surface area contributed by atoms with E-state index in [-0.39, 0.29) is 28.5 Å². The monoisotopic (exact) mass is 536 g/mol. The molecule has 4 aromatic carbocycles. The SMILES string of the molecule is Cc1ccc(C(=O)Oc2ccc([N+](=O)[O-])cc2/C=N/NC(=O)c2ccc(NC(=O)c3cccc(C)c3)cc2)cc1. The van der Waals surface area contributed by atoms with Crippen molar-refractivity contribution in [3.63, 3.8) is 0 Å². The summed E-state index contributed by atoms with van der Waals surface area (Å²) < 4.78 is 5.43. The lowest BCUT2D eigenvalue weighted by Gasteiger charge is -2.08. The van der Waals surface area contributed by atoms with Crippen LogP contribution in [0.2, 0.25) is 0 Å². The van der Waals surface area contributed by atoms with Crippen LogP contribution in [0.25, 0.3) is 0 Å². The van der Waals surface area contributed by atoms with Crippen molar-refractivity contribution in [3.8, 4) is 5.75 Å². The molecule has 0 bridgehead atoms. The molecule has 10 nitrogen and oxygen atoms in total. The number of ether oxygens (including phenoxy) is 1. The highest BCUT2D eigenvalue weighted by molar-refractivity contribution is 6.04. The van der Waals surface area contributed by atoms with Crippen LogP contribution < -0.4 is 15.5 Å². The number of non-ortho nitro benzene ring substituents is 1. The zero-order valence-electron chi connectivity index (χ0n) is 21.6. The van der Waals surface area contributed by atoms with Gasteiger partial charge in [0.25, 0.3) is 17.5 Å². The summed E-state index contributed by atoms with van der Waals surface area (Å²) in [5, 5.41) is 17.9. The summed E-state index contributed by atoms with van der Waals surface area (Å²) in [6.07, 6.45) is 1.15. The van der Waals surface area contributed by atoms with Crippen LogP contribution >= 0.6 is 0 Å². The van der Waals surface area contributed by atoms with Crippen molar-refractivity contribution in [3.05, 3.63) is 134 Å². The highest BCUT2D eigenvalue weighted by atomic mass is 16.6. The van der Waals surface area contributed by atoms with Crippen molar-refractivity contribution >= 4 is 35.4 Å². The minimum Gasteiger partial charge on any atom is -0.422 e. The maximum atomic E-state index is 12.6. The molecule has 40 heavy (non-hydrogen) atoms. The molecular formula is C30H24N4O6.